The third kappa shape index (κ3) is 30.8. The number of carbonyl (C=O) groups excluding carboxylic acids is 1. The molecule has 59 heavy (non-hydrogen) atoms. The maximum Gasteiger partial charge on any atom is 0.220 e. The molecular formula is C50H99NO8. The number of hydrogen-bond donors (Lipinski definition) is 6. The highest BCUT2D eigenvalue weighted by Crippen LogP contribution is 2.23. The zero-order valence-electron chi connectivity index (χ0n) is 38.9. The van der Waals surface area contributed by atoms with Gasteiger partial charge in [0.2, 0.25) is 5.91 Å². The molecule has 1 aliphatic rings. The summed E-state index contributed by atoms with van der Waals surface area (Å²) in [4.78, 5) is 13.0. The Kier molecular flexibility index (Phi) is 38.1. The van der Waals surface area contributed by atoms with Crippen LogP contribution in [0.15, 0.2) is 0 Å². The van der Waals surface area contributed by atoms with Crippen LogP contribution < -0.4 is 5.32 Å². The Morgan fingerprint density at radius 2 is 0.847 bits per heavy atom. The number of aliphatic hydroxyl groups is 5. The summed E-state index contributed by atoms with van der Waals surface area (Å²) in [5, 5.41) is 55.7. The maximum atomic E-state index is 13.0. The normalized spacial score (nSPS) is 21.1. The van der Waals surface area contributed by atoms with E-state index in [1.54, 1.807) is 6.92 Å². The maximum absolute atomic E-state index is 13.0. The van der Waals surface area contributed by atoms with Crippen molar-refractivity contribution in [3.05, 3.63) is 0 Å². The lowest BCUT2D eigenvalue weighted by molar-refractivity contribution is -0.295. The molecule has 1 fully saturated rings. The fraction of sp³-hybridized carbons (Fsp3) is 0.980. The van der Waals surface area contributed by atoms with Gasteiger partial charge in [0, 0.05) is 6.42 Å². The molecule has 9 heteroatoms. The Morgan fingerprint density at radius 1 is 0.508 bits per heavy atom. The van der Waals surface area contributed by atoms with Crippen LogP contribution in [0.25, 0.3) is 0 Å². The third-order valence-electron chi connectivity index (χ3n) is 12.8. The Hall–Kier alpha value is -0.810. The molecule has 0 radical (unpaired) electrons. The number of aliphatic hydroxyl groups excluding tert-OH is 5. The van der Waals surface area contributed by atoms with Gasteiger partial charge in [0.05, 0.1) is 24.9 Å². The average Bonchev–Trinajstić information content (AvgIpc) is 3.23. The van der Waals surface area contributed by atoms with Crippen LogP contribution in [0, 0.1) is 0 Å². The molecule has 8 atom stereocenters. The summed E-state index contributed by atoms with van der Waals surface area (Å²) in [6.45, 7) is 5.88. The van der Waals surface area contributed by atoms with Crippen LogP contribution >= 0.6 is 0 Å². The summed E-state index contributed by atoms with van der Waals surface area (Å²) < 4.78 is 11.3. The lowest BCUT2D eigenvalue weighted by Crippen LogP contribution is -2.58. The molecule has 1 saturated heterocycles. The number of amides is 1. The van der Waals surface area contributed by atoms with E-state index in [4.69, 9.17) is 9.47 Å². The van der Waals surface area contributed by atoms with Gasteiger partial charge in [-0.3, -0.25) is 4.79 Å². The smallest absolute Gasteiger partial charge is 0.220 e. The fourth-order valence-corrected chi connectivity index (χ4v) is 8.56. The Bertz CT molecular complexity index is 910. The third-order valence-corrected chi connectivity index (χ3v) is 12.8. The van der Waals surface area contributed by atoms with Crippen LogP contribution in [-0.4, -0.2) is 87.0 Å². The number of hydrogen-bond acceptors (Lipinski definition) is 8. The standard InChI is InChI=1S/C50H99NO8/c1-4-6-8-10-12-14-16-18-19-20-21-22-23-24-25-26-27-28-30-32-34-36-38-40-45(53)51-43(41-58-50-49(57)48(56)46(54)42(3)59-50)47(55)44(52)39-37-35-33-31-29-17-15-13-11-9-7-5-2/h42-44,46-50,52,54-57H,4-41H2,1-3H3,(H,51,53)/t42-,43-,44+,46+,47-,48+,49-,50+/m0/s1. The van der Waals surface area contributed by atoms with Crippen molar-refractivity contribution < 1.29 is 39.8 Å². The molecule has 0 aromatic heterocycles. The second kappa shape index (κ2) is 40.0. The van der Waals surface area contributed by atoms with E-state index in [1.165, 1.54) is 186 Å². The second-order valence-corrected chi connectivity index (χ2v) is 18.5. The van der Waals surface area contributed by atoms with Crippen molar-refractivity contribution in [1.82, 2.24) is 5.32 Å². The molecular weight excluding hydrogens is 743 g/mol. The molecule has 0 aromatic rings. The summed E-state index contributed by atoms with van der Waals surface area (Å²) in [6.07, 6.45) is 37.1. The van der Waals surface area contributed by atoms with Gasteiger partial charge in [0.25, 0.3) is 0 Å². The van der Waals surface area contributed by atoms with Gasteiger partial charge in [0.1, 0.15) is 24.4 Å². The van der Waals surface area contributed by atoms with E-state index in [9.17, 15) is 30.3 Å². The first-order valence-corrected chi connectivity index (χ1v) is 25.7. The van der Waals surface area contributed by atoms with Gasteiger partial charge in [0.15, 0.2) is 6.29 Å². The Balaban J connectivity index is 2.23. The molecule has 0 aliphatic carbocycles. The fourth-order valence-electron chi connectivity index (χ4n) is 8.56. The summed E-state index contributed by atoms with van der Waals surface area (Å²) in [5.41, 5.74) is 0. The van der Waals surface area contributed by atoms with Crippen molar-refractivity contribution in [2.45, 2.75) is 307 Å². The van der Waals surface area contributed by atoms with Crippen molar-refractivity contribution in [2.75, 3.05) is 6.61 Å². The van der Waals surface area contributed by atoms with Gasteiger partial charge < -0.3 is 40.3 Å². The van der Waals surface area contributed by atoms with E-state index in [-0.39, 0.29) is 12.5 Å². The molecule has 1 rings (SSSR count). The van der Waals surface area contributed by atoms with E-state index in [0.717, 1.165) is 38.5 Å². The topological polar surface area (TPSA) is 149 Å². The molecule has 352 valence electrons. The molecule has 1 heterocycles. The molecule has 6 N–H and O–H groups in total. The average molecular weight is 842 g/mol. The molecule has 0 bridgehead atoms. The van der Waals surface area contributed by atoms with E-state index in [1.807, 2.05) is 0 Å². The second-order valence-electron chi connectivity index (χ2n) is 18.5. The number of carbonyl (C=O) groups is 1. The van der Waals surface area contributed by atoms with E-state index in [0.29, 0.717) is 12.8 Å². The zero-order valence-corrected chi connectivity index (χ0v) is 38.9. The van der Waals surface area contributed by atoms with E-state index < -0.39 is 49.0 Å². The summed E-state index contributed by atoms with van der Waals surface area (Å²) in [5.74, 6) is -0.215. The van der Waals surface area contributed by atoms with Crippen molar-refractivity contribution in [3.63, 3.8) is 0 Å². The molecule has 0 spiro atoms. The van der Waals surface area contributed by atoms with Gasteiger partial charge in [-0.2, -0.15) is 0 Å². The van der Waals surface area contributed by atoms with Crippen LogP contribution in [0.4, 0.5) is 0 Å². The minimum Gasteiger partial charge on any atom is -0.390 e. The highest BCUT2D eigenvalue weighted by molar-refractivity contribution is 5.76. The van der Waals surface area contributed by atoms with Gasteiger partial charge in [-0.15, -0.1) is 0 Å². The van der Waals surface area contributed by atoms with Crippen molar-refractivity contribution in [2.24, 2.45) is 0 Å². The van der Waals surface area contributed by atoms with Gasteiger partial charge in [-0.25, -0.2) is 0 Å². The number of ether oxygens (including phenoxy) is 2. The van der Waals surface area contributed by atoms with Crippen molar-refractivity contribution in [1.29, 1.82) is 0 Å². The van der Waals surface area contributed by atoms with Crippen LogP contribution in [0.1, 0.15) is 258 Å². The lowest BCUT2D eigenvalue weighted by atomic mass is 9.98. The SMILES string of the molecule is CCCCCCCCCCCCCCCCCCCCCCCCCC(=O)N[C@@H](CO[C@@H]1O[C@@H](C)[C@@H](O)[C@@H](O)[C@@H]1O)[C@H](O)[C@H](O)CCCCCCCCCCCCCC. The largest absolute Gasteiger partial charge is 0.390 e. The Morgan fingerprint density at radius 3 is 1.22 bits per heavy atom. The number of nitrogens with one attached hydrogen (secondary N) is 1. The summed E-state index contributed by atoms with van der Waals surface area (Å²) in [6, 6.07) is -0.922. The number of rotatable bonds is 43. The molecule has 1 amide bonds. The predicted octanol–water partition coefficient (Wildman–Crippen LogP) is 11.5. The highest BCUT2D eigenvalue weighted by Gasteiger charge is 2.43. The van der Waals surface area contributed by atoms with Gasteiger partial charge in [-0.1, -0.05) is 232 Å². The molecule has 0 unspecified atom stereocenters. The molecule has 0 aromatic carbocycles. The summed E-state index contributed by atoms with van der Waals surface area (Å²) in [7, 11) is 0. The molecule has 0 saturated carbocycles. The van der Waals surface area contributed by atoms with Crippen molar-refractivity contribution >= 4 is 5.91 Å². The first-order chi connectivity index (χ1) is 28.7. The van der Waals surface area contributed by atoms with Gasteiger partial charge >= 0.3 is 0 Å². The minimum atomic E-state index is -1.49. The van der Waals surface area contributed by atoms with E-state index in [2.05, 4.69) is 19.2 Å². The highest BCUT2D eigenvalue weighted by atomic mass is 16.7. The first kappa shape index (κ1) is 56.2. The van der Waals surface area contributed by atoms with Crippen LogP contribution in [0.3, 0.4) is 0 Å². The van der Waals surface area contributed by atoms with Crippen LogP contribution in [0.2, 0.25) is 0 Å². The molecule has 9 nitrogen and oxygen atoms in total. The van der Waals surface area contributed by atoms with Crippen LogP contribution in [-0.2, 0) is 14.3 Å². The van der Waals surface area contributed by atoms with Gasteiger partial charge in [-0.05, 0) is 19.8 Å². The number of unbranched alkanes of at least 4 members (excludes halogenated alkanes) is 33. The lowest BCUT2D eigenvalue weighted by Gasteiger charge is -2.39. The van der Waals surface area contributed by atoms with Crippen LogP contribution in [0.5, 0.6) is 0 Å². The minimum absolute atomic E-state index is 0.215. The molecule has 1 aliphatic heterocycles. The predicted molar refractivity (Wildman–Crippen MR) is 244 cm³/mol. The van der Waals surface area contributed by atoms with Crippen molar-refractivity contribution in [3.8, 4) is 0 Å². The Labute approximate surface area is 364 Å². The summed E-state index contributed by atoms with van der Waals surface area (Å²) >= 11 is 0. The quantitative estimate of drug-likeness (QED) is 0.0332. The monoisotopic (exact) mass is 842 g/mol. The van der Waals surface area contributed by atoms with E-state index >= 15 is 0 Å². The first-order valence-electron chi connectivity index (χ1n) is 25.7. The zero-order chi connectivity index (χ0) is 43.2.